The Bertz CT molecular complexity index is 303. The minimum absolute atomic E-state index is 0.217. The molecule has 0 saturated carbocycles. The summed E-state index contributed by atoms with van der Waals surface area (Å²) in [5.41, 5.74) is 0.0488. The number of hydrogen-bond donors (Lipinski definition) is 0. The van der Waals surface area contributed by atoms with Crippen molar-refractivity contribution in [3.8, 4) is 0 Å². The van der Waals surface area contributed by atoms with E-state index in [9.17, 15) is 9.59 Å². The maximum absolute atomic E-state index is 10.7. The monoisotopic (exact) mass is 138 g/mol. The van der Waals surface area contributed by atoms with E-state index in [0.29, 0.717) is 6.29 Å². The van der Waals surface area contributed by atoms with Crippen molar-refractivity contribution >= 4 is 6.29 Å². The average molecular weight is 138 g/mol. The lowest BCUT2D eigenvalue weighted by atomic mass is 10.4. The molecule has 0 unspecified atom stereocenters. The van der Waals surface area contributed by atoms with Gasteiger partial charge in [0.25, 0.3) is 5.56 Å². The molecule has 52 valence electrons. The lowest BCUT2D eigenvalue weighted by Gasteiger charge is -1.92. The van der Waals surface area contributed by atoms with Crippen LogP contribution in [-0.2, 0) is 7.05 Å². The van der Waals surface area contributed by atoms with Gasteiger partial charge in [-0.1, -0.05) is 0 Å². The Balaban J connectivity index is 3.29. The molecule has 0 N–H and O–H groups in total. The summed E-state index contributed by atoms with van der Waals surface area (Å²) in [7, 11) is 1.50. The third-order valence-corrected chi connectivity index (χ3v) is 1.10. The van der Waals surface area contributed by atoms with E-state index in [0.717, 1.165) is 4.68 Å². The number of nitrogens with zero attached hydrogens (tertiary/aromatic N) is 2. The van der Waals surface area contributed by atoms with Crippen LogP contribution in [-0.4, -0.2) is 16.1 Å². The fraction of sp³-hybridized carbons (Fsp3) is 0.167. The van der Waals surface area contributed by atoms with Crippen molar-refractivity contribution in [2.24, 2.45) is 7.05 Å². The van der Waals surface area contributed by atoms with Gasteiger partial charge in [-0.3, -0.25) is 9.59 Å². The summed E-state index contributed by atoms with van der Waals surface area (Å²) >= 11 is 0. The SMILES string of the molecule is Cn1nc(C=O)ccc1=O. The first-order chi connectivity index (χ1) is 4.74. The number of aldehydes is 1. The van der Waals surface area contributed by atoms with Crippen LogP contribution in [0.2, 0.25) is 0 Å². The highest BCUT2D eigenvalue weighted by Gasteiger charge is 1.92. The van der Waals surface area contributed by atoms with E-state index in [1.807, 2.05) is 0 Å². The number of aromatic nitrogens is 2. The van der Waals surface area contributed by atoms with Gasteiger partial charge in [0.15, 0.2) is 6.29 Å². The van der Waals surface area contributed by atoms with E-state index in [1.165, 1.54) is 19.2 Å². The molecule has 0 aromatic carbocycles. The highest BCUT2D eigenvalue weighted by Crippen LogP contribution is 1.80. The average Bonchev–Trinajstić information content (AvgIpc) is 1.95. The van der Waals surface area contributed by atoms with Crippen LogP contribution < -0.4 is 5.56 Å². The Hall–Kier alpha value is -1.45. The van der Waals surface area contributed by atoms with Gasteiger partial charge >= 0.3 is 0 Å². The van der Waals surface area contributed by atoms with Crippen LogP contribution in [0, 0.1) is 0 Å². The summed E-state index contributed by atoms with van der Waals surface area (Å²) in [6.07, 6.45) is 0.597. The van der Waals surface area contributed by atoms with E-state index < -0.39 is 0 Å². The topological polar surface area (TPSA) is 52.0 Å². The molecule has 0 aliphatic heterocycles. The zero-order chi connectivity index (χ0) is 7.56. The predicted molar refractivity (Wildman–Crippen MR) is 34.9 cm³/mol. The molecule has 0 spiro atoms. The van der Waals surface area contributed by atoms with Crippen molar-refractivity contribution in [2.45, 2.75) is 0 Å². The van der Waals surface area contributed by atoms with Crippen LogP contribution in [0.5, 0.6) is 0 Å². The van der Waals surface area contributed by atoms with Gasteiger partial charge in [0.05, 0.1) is 0 Å². The maximum atomic E-state index is 10.7. The van der Waals surface area contributed by atoms with Gasteiger partial charge in [0.1, 0.15) is 5.69 Å². The molecule has 0 radical (unpaired) electrons. The molecule has 1 heterocycles. The molecule has 4 heteroatoms. The third kappa shape index (κ3) is 1.10. The van der Waals surface area contributed by atoms with Gasteiger partial charge in [0.2, 0.25) is 0 Å². The number of carbonyl (C=O) groups excluding carboxylic acids is 1. The molecule has 0 aliphatic carbocycles. The van der Waals surface area contributed by atoms with E-state index in [-0.39, 0.29) is 11.3 Å². The minimum atomic E-state index is -0.217. The van der Waals surface area contributed by atoms with Crippen LogP contribution in [0.1, 0.15) is 10.5 Å². The molecule has 10 heavy (non-hydrogen) atoms. The summed E-state index contributed by atoms with van der Waals surface area (Å²) in [6.45, 7) is 0. The van der Waals surface area contributed by atoms with Gasteiger partial charge in [0, 0.05) is 13.1 Å². The molecular weight excluding hydrogens is 132 g/mol. The van der Waals surface area contributed by atoms with Crippen molar-refractivity contribution in [2.75, 3.05) is 0 Å². The smallest absolute Gasteiger partial charge is 0.266 e. The van der Waals surface area contributed by atoms with Gasteiger partial charge in [-0.2, -0.15) is 5.10 Å². The van der Waals surface area contributed by atoms with Gasteiger partial charge in [-0.05, 0) is 6.07 Å². The second-order valence-corrected chi connectivity index (χ2v) is 1.84. The highest BCUT2D eigenvalue weighted by molar-refractivity contribution is 5.70. The molecule has 1 rings (SSSR count). The summed E-state index contributed by atoms with van der Waals surface area (Å²) < 4.78 is 1.11. The Morgan fingerprint density at radius 1 is 1.60 bits per heavy atom. The van der Waals surface area contributed by atoms with Gasteiger partial charge < -0.3 is 0 Å². The summed E-state index contributed by atoms with van der Waals surface area (Å²) in [6, 6.07) is 2.69. The molecule has 0 saturated heterocycles. The molecule has 1 aromatic rings. The first-order valence-corrected chi connectivity index (χ1v) is 2.73. The van der Waals surface area contributed by atoms with Crippen molar-refractivity contribution in [1.29, 1.82) is 0 Å². The first kappa shape index (κ1) is 6.67. The summed E-state index contributed by atoms with van der Waals surface area (Å²) in [4.78, 5) is 20.8. The number of rotatable bonds is 1. The molecular formula is C6H6N2O2. The second-order valence-electron chi connectivity index (χ2n) is 1.84. The third-order valence-electron chi connectivity index (χ3n) is 1.10. The maximum Gasteiger partial charge on any atom is 0.266 e. The Labute approximate surface area is 57.1 Å². The summed E-state index contributed by atoms with van der Waals surface area (Å²) in [5, 5.41) is 3.63. The van der Waals surface area contributed by atoms with Crippen molar-refractivity contribution in [3.05, 3.63) is 28.2 Å². The molecule has 1 aromatic heterocycles. The normalized spacial score (nSPS) is 9.30. The van der Waals surface area contributed by atoms with Gasteiger partial charge in [-0.25, -0.2) is 4.68 Å². The fourth-order valence-corrected chi connectivity index (χ4v) is 0.583. The van der Waals surface area contributed by atoms with Crippen LogP contribution in [0.4, 0.5) is 0 Å². The largest absolute Gasteiger partial charge is 0.296 e. The van der Waals surface area contributed by atoms with Crippen molar-refractivity contribution in [1.82, 2.24) is 9.78 Å². The second kappa shape index (κ2) is 2.43. The number of carbonyl (C=O) groups is 1. The Morgan fingerprint density at radius 3 is 2.80 bits per heavy atom. The van der Waals surface area contributed by atoms with E-state index in [1.54, 1.807) is 0 Å². The van der Waals surface area contributed by atoms with Crippen LogP contribution >= 0.6 is 0 Å². The molecule has 4 nitrogen and oxygen atoms in total. The minimum Gasteiger partial charge on any atom is -0.296 e. The van der Waals surface area contributed by atoms with Crippen LogP contribution in [0.15, 0.2) is 16.9 Å². The van der Waals surface area contributed by atoms with Crippen LogP contribution in [0.3, 0.4) is 0 Å². The molecule has 0 amide bonds. The number of hydrogen-bond acceptors (Lipinski definition) is 3. The highest BCUT2D eigenvalue weighted by atomic mass is 16.1. The van der Waals surface area contributed by atoms with Crippen LogP contribution in [0.25, 0.3) is 0 Å². The fourth-order valence-electron chi connectivity index (χ4n) is 0.583. The Morgan fingerprint density at radius 2 is 2.30 bits per heavy atom. The quantitative estimate of drug-likeness (QED) is 0.496. The molecule has 0 aliphatic rings. The van der Waals surface area contributed by atoms with E-state index in [4.69, 9.17) is 0 Å². The standard InChI is InChI=1S/C6H6N2O2/c1-8-6(10)3-2-5(4-9)7-8/h2-4H,1H3. The van der Waals surface area contributed by atoms with Gasteiger partial charge in [-0.15, -0.1) is 0 Å². The lowest BCUT2D eigenvalue weighted by molar-refractivity contribution is 0.111. The molecule has 0 bridgehead atoms. The van der Waals surface area contributed by atoms with Crippen molar-refractivity contribution in [3.63, 3.8) is 0 Å². The predicted octanol–water partition coefficient (Wildman–Crippen LogP) is -0.407. The zero-order valence-corrected chi connectivity index (χ0v) is 5.44. The lowest BCUT2D eigenvalue weighted by Crippen LogP contribution is -2.18. The van der Waals surface area contributed by atoms with Crippen molar-refractivity contribution < 1.29 is 4.79 Å². The van der Waals surface area contributed by atoms with E-state index in [2.05, 4.69) is 5.10 Å². The number of aryl methyl sites for hydroxylation is 1. The zero-order valence-electron chi connectivity index (χ0n) is 5.44. The summed E-state index contributed by atoms with van der Waals surface area (Å²) in [5.74, 6) is 0. The van der Waals surface area contributed by atoms with E-state index >= 15 is 0 Å². The molecule has 0 atom stereocenters. The molecule has 0 fully saturated rings. The first-order valence-electron chi connectivity index (χ1n) is 2.73. The Kier molecular flexibility index (Phi) is 1.62.